The van der Waals surface area contributed by atoms with Gasteiger partial charge in [0.25, 0.3) is 0 Å². The molecule has 2 aromatic rings. The van der Waals surface area contributed by atoms with Gasteiger partial charge in [-0.15, -0.1) is 0 Å². The van der Waals surface area contributed by atoms with Crippen molar-refractivity contribution in [3.05, 3.63) is 34.4 Å². The molecule has 0 aliphatic carbocycles. The minimum atomic E-state index is -0.00177. The van der Waals surface area contributed by atoms with E-state index in [2.05, 4.69) is 48.2 Å². The number of hydrogen-bond donors (Lipinski definition) is 2. The summed E-state index contributed by atoms with van der Waals surface area (Å²) in [6.07, 6.45) is 1.01. The van der Waals surface area contributed by atoms with Gasteiger partial charge in [0.15, 0.2) is 0 Å². The van der Waals surface area contributed by atoms with Crippen LogP contribution in [0.3, 0.4) is 0 Å². The van der Waals surface area contributed by atoms with Crippen LogP contribution in [0.1, 0.15) is 32.9 Å². The van der Waals surface area contributed by atoms with Crippen LogP contribution in [0.5, 0.6) is 0 Å². The second kappa shape index (κ2) is 4.86. The largest absolute Gasteiger partial charge is 0.322 e. The van der Waals surface area contributed by atoms with E-state index in [0.29, 0.717) is 0 Å². The molecule has 3 nitrogen and oxygen atoms in total. The Morgan fingerprint density at radius 2 is 2.11 bits per heavy atom. The fourth-order valence-electron chi connectivity index (χ4n) is 1.95. The van der Waals surface area contributed by atoms with Crippen LogP contribution in [-0.2, 0) is 5.41 Å². The minimum absolute atomic E-state index is 0.00177. The molecule has 96 valence electrons. The Morgan fingerprint density at radius 3 is 2.72 bits per heavy atom. The van der Waals surface area contributed by atoms with E-state index in [1.54, 1.807) is 0 Å². The Labute approximate surface area is 116 Å². The van der Waals surface area contributed by atoms with Gasteiger partial charge < -0.3 is 5.43 Å². The normalized spacial score (nSPS) is 11.8. The molecule has 0 aliphatic rings. The summed E-state index contributed by atoms with van der Waals surface area (Å²) in [6, 6.07) is 8.08. The molecular weight excluding hydrogens is 290 g/mol. The second-order valence-corrected chi connectivity index (χ2v) is 5.93. The first-order valence-corrected chi connectivity index (χ1v) is 6.85. The van der Waals surface area contributed by atoms with Crippen LogP contribution in [0, 0.1) is 0 Å². The molecule has 1 aromatic heterocycles. The fourth-order valence-corrected chi connectivity index (χ4v) is 2.42. The van der Waals surface area contributed by atoms with Gasteiger partial charge in [-0.05, 0) is 24.6 Å². The average molecular weight is 308 g/mol. The lowest BCUT2D eigenvalue weighted by atomic mass is 9.85. The number of nitrogen functional groups attached to an aromatic ring is 1. The van der Waals surface area contributed by atoms with Crippen molar-refractivity contribution in [3.63, 3.8) is 0 Å². The molecule has 1 aromatic carbocycles. The number of nitrogens with one attached hydrogen (secondary N) is 1. The van der Waals surface area contributed by atoms with Crippen LogP contribution >= 0.6 is 15.9 Å². The number of halogens is 1. The van der Waals surface area contributed by atoms with Gasteiger partial charge >= 0.3 is 0 Å². The summed E-state index contributed by atoms with van der Waals surface area (Å²) in [5, 5.41) is 1.07. The van der Waals surface area contributed by atoms with E-state index in [9.17, 15) is 0 Å². The van der Waals surface area contributed by atoms with Crippen molar-refractivity contribution in [2.45, 2.75) is 32.6 Å². The van der Waals surface area contributed by atoms with E-state index < -0.39 is 0 Å². The van der Waals surface area contributed by atoms with Crippen molar-refractivity contribution in [2.24, 2.45) is 5.84 Å². The number of aromatic nitrogens is 1. The molecule has 0 saturated heterocycles. The zero-order valence-corrected chi connectivity index (χ0v) is 12.5. The molecule has 0 saturated carbocycles. The molecule has 0 amide bonds. The van der Waals surface area contributed by atoms with Crippen LogP contribution in [0.4, 0.5) is 5.69 Å². The van der Waals surface area contributed by atoms with E-state index in [1.165, 1.54) is 0 Å². The van der Waals surface area contributed by atoms with E-state index in [4.69, 9.17) is 10.8 Å². The fraction of sp³-hybridized carbons (Fsp3) is 0.357. The maximum absolute atomic E-state index is 5.64. The second-order valence-electron chi connectivity index (χ2n) is 5.07. The number of fused-ring (bicyclic) bond motifs is 1. The van der Waals surface area contributed by atoms with Gasteiger partial charge in [-0.1, -0.05) is 42.8 Å². The van der Waals surface area contributed by atoms with Crippen molar-refractivity contribution in [1.82, 2.24) is 4.98 Å². The quantitative estimate of drug-likeness (QED) is 0.666. The lowest BCUT2D eigenvalue weighted by molar-refractivity contribution is 0.494. The average Bonchev–Trinajstić information content (AvgIpc) is 2.38. The van der Waals surface area contributed by atoms with E-state index in [0.717, 1.165) is 33.2 Å². The third-order valence-electron chi connectivity index (χ3n) is 3.49. The van der Waals surface area contributed by atoms with Crippen molar-refractivity contribution in [3.8, 4) is 0 Å². The number of pyridine rings is 1. The lowest BCUT2D eigenvalue weighted by Gasteiger charge is -2.25. The van der Waals surface area contributed by atoms with Gasteiger partial charge in [0.2, 0.25) is 0 Å². The molecule has 0 radical (unpaired) electrons. The van der Waals surface area contributed by atoms with Gasteiger partial charge in [0.1, 0.15) is 0 Å². The predicted octanol–water partition coefficient (Wildman–Crippen LogP) is 3.97. The van der Waals surface area contributed by atoms with Crippen LogP contribution in [-0.4, -0.2) is 4.98 Å². The molecule has 4 heteroatoms. The van der Waals surface area contributed by atoms with Crippen molar-refractivity contribution in [2.75, 3.05) is 5.43 Å². The minimum Gasteiger partial charge on any atom is -0.322 e. The van der Waals surface area contributed by atoms with E-state index >= 15 is 0 Å². The Balaban J connectivity index is 2.75. The summed E-state index contributed by atoms with van der Waals surface area (Å²) in [5.41, 5.74) is 5.66. The molecule has 18 heavy (non-hydrogen) atoms. The topological polar surface area (TPSA) is 50.9 Å². The molecule has 0 bridgehead atoms. The lowest BCUT2D eigenvalue weighted by Crippen LogP contribution is -2.22. The highest BCUT2D eigenvalue weighted by molar-refractivity contribution is 9.10. The van der Waals surface area contributed by atoms with Crippen LogP contribution in [0.2, 0.25) is 0 Å². The number of benzene rings is 1. The summed E-state index contributed by atoms with van der Waals surface area (Å²) >= 11 is 3.54. The molecule has 0 unspecified atom stereocenters. The summed E-state index contributed by atoms with van der Waals surface area (Å²) in [6.45, 7) is 6.52. The summed E-state index contributed by atoms with van der Waals surface area (Å²) in [4.78, 5) is 4.78. The number of nitrogens with zero attached hydrogens (tertiary/aromatic N) is 1. The van der Waals surface area contributed by atoms with Gasteiger partial charge in [-0.25, -0.2) is 0 Å². The van der Waals surface area contributed by atoms with Crippen molar-refractivity contribution < 1.29 is 0 Å². The van der Waals surface area contributed by atoms with Gasteiger partial charge in [0.05, 0.1) is 16.9 Å². The Bertz CT molecular complexity index is 579. The molecular formula is C14H18BrN3. The maximum Gasteiger partial charge on any atom is 0.0718 e. The smallest absolute Gasteiger partial charge is 0.0718 e. The summed E-state index contributed by atoms with van der Waals surface area (Å²) < 4.78 is 1.03. The molecule has 0 spiro atoms. The van der Waals surface area contributed by atoms with Gasteiger partial charge in [0, 0.05) is 15.3 Å². The van der Waals surface area contributed by atoms with E-state index in [-0.39, 0.29) is 5.41 Å². The maximum atomic E-state index is 5.64. The first-order valence-electron chi connectivity index (χ1n) is 6.06. The zero-order valence-electron chi connectivity index (χ0n) is 10.9. The van der Waals surface area contributed by atoms with Crippen LogP contribution in [0.15, 0.2) is 28.7 Å². The van der Waals surface area contributed by atoms with E-state index in [1.807, 2.05) is 18.2 Å². The SMILES string of the molecule is CCC(C)(C)c1nc2cccc(Br)c2cc1NN. The first kappa shape index (κ1) is 13.3. The molecule has 0 aliphatic heterocycles. The Hall–Kier alpha value is -1.13. The molecule has 2 rings (SSSR count). The van der Waals surface area contributed by atoms with Crippen LogP contribution < -0.4 is 11.3 Å². The van der Waals surface area contributed by atoms with Gasteiger partial charge in [-0.3, -0.25) is 10.8 Å². The molecule has 1 heterocycles. The molecule has 0 atom stereocenters. The number of hydrazine groups is 1. The monoisotopic (exact) mass is 307 g/mol. The predicted molar refractivity (Wildman–Crippen MR) is 80.6 cm³/mol. The highest BCUT2D eigenvalue weighted by Gasteiger charge is 2.24. The highest BCUT2D eigenvalue weighted by atomic mass is 79.9. The number of anilines is 1. The van der Waals surface area contributed by atoms with Gasteiger partial charge in [-0.2, -0.15) is 0 Å². The molecule has 3 N–H and O–H groups in total. The third-order valence-corrected chi connectivity index (χ3v) is 4.18. The number of nitrogens with two attached hydrogens (primary N) is 1. The summed E-state index contributed by atoms with van der Waals surface area (Å²) in [5.74, 6) is 5.64. The zero-order chi connectivity index (χ0) is 13.3. The number of rotatable bonds is 3. The van der Waals surface area contributed by atoms with Crippen molar-refractivity contribution in [1.29, 1.82) is 0 Å². The highest BCUT2D eigenvalue weighted by Crippen LogP contribution is 2.34. The Kier molecular flexibility index (Phi) is 3.59. The first-order chi connectivity index (χ1) is 8.49. The van der Waals surface area contributed by atoms with Crippen molar-refractivity contribution >= 4 is 32.5 Å². The Morgan fingerprint density at radius 1 is 1.39 bits per heavy atom. The third kappa shape index (κ3) is 2.22. The number of hydrogen-bond acceptors (Lipinski definition) is 3. The van der Waals surface area contributed by atoms with Crippen LogP contribution in [0.25, 0.3) is 10.9 Å². The standard InChI is InChI=1S/C14H18BrN3/c1-4-14(2,3)13-12(18-16)8-9-10(15)6-5-7-11(9)17-13/h5-8,18H,4,16H2,1-3H3. The molecule has 0 fully saturated rings. The summed E-state index contributed by atoms with van der Waals surface area (Å²) in [7, 11) is 0.